The average molecular weight is 514 g/mol. The van der Waals surface area contributed by atoms with Crippen LogP contribution in [0.4, 0.5) is 4.79 Å². The van der Waals surface area contributed by atoms with E-state index < -0.39 is 0 Å². The normalized spacial score (nSPS) is 17.6. The molecule has 38 heavy (non-hydrogen) atoms. The van der Waals surface area contributed by atoms with E-state index in [0.717, 1.165) is 39.3 Å². The lowest BCUT2D eigenvalue weighted by Gasteiger charge is -2.40. The second-order valence-corrected chi connectivity index (χ2v) is 9.65. The van der Waals surface area contributed by atoms with Crippen molar-refractivity contribution in [1.29, 1.82) is 0 Å². The highest BCUT2D eigenvalue weighted by Crippen LogP contribution is 2.36. The highest BCUT2D eigenvalue weighted by atomic mass is 16.7. The highest BCUT2D eigenvalue weighted by molar-refractivity contribution is 5.87. The highest BCUT2D eigenvalue weighted by Gasteiger charge is 2.31. The molecule has 3 aromatic carbocycles. The van der Waals surface area contributed by atoms with Crippen LogP contribution in [0.3, 0.4) is 0 Å². The van der Waals surface area contributed by atoms with Gasteiger partial charge in [-0.2, -0.15) is 4.68 Å². The zero-order valence-electron chi connectivity index (χ0n) is 20.8. The molecule has 7 rings (SSSR count). The van der Waals surface area contributed by atoms with E-state index in [9.17, 15) is 4.79 Å². The van der Waals surface area contributed by atoms with E-state index in [1.54, 1.807) is 0 Å². The number of benzene rings is 3. The minimum atomic E-state index is -0.152. The zero-order valence-corrected chi connectivity index (χ0v) is 20.8. The number of amides is 1. The van der Waals surface area contributed by atoms with E-state index in [-0.39, 0.29) is 25.7 Å². The maximum Gasteiger partial charge on any atom is 0.346 e. The fourth-order valence-electron chi connectivity index (χ4n) is 5.49. The van der Waals surface area contributed by atoms with Gasteiger partial charge in [0.15, 0.2) is 13.6 Å². The van der Waals surface area contributed by atoms with E-state index in [4.69, 9.17) is 18.9 Å². The number of rotatable bonds is 3. The molecule has 3 aliphatic heterocycles. The van der Waals surface area contributed by atoms with Crippen molar-refractivity contribution in [2.24, 2.45) is 0 Å². The first-order valence-electron chi connectivity index (χ1n) is 12.7. The van der Waals surface area contributed by atoms with Gasteiger partial charge >= 0.3 is 6.03 Å². The van der Waals surface area contributed by atoms with Crippen molar-refractivity contribution in [3.8, 4) is 11.5 Å². The number of piperazine rings is 1. The summed E-state index contributed by atoms with van der Waals surface area (Å²) in [7, 11) is 0. The van der Waals surface area contributed by atoms with Gasteiger partial charge in [0.25, 0.3) is 0 Å². The second kappa shape index (κ2) is 9.71. The van der Waals surface area contributed by atoms with Gasteiger partial charge in [-0.25, -0.2) is 4.79 Å². The SMILES string of the molecule is O=C(N1CCN(C(c2ccc3c(c2)COCO3)c2ccc3c(c2)COCO3)CC1)n1nnc2ccccc21. The molecule has 0 N–H and O–H groups in total. The number of ether oxygens (including phenoxy) is 4. The molecule has 0 radical (unpaired) electrons. The van der Waals surface area contributed by atoms with Crippen LogP contribution in [-0.4, -0.2) is 70.6 Å². The number of hydrogen-bond acceptors (Lipinski definition) is 8. The van der Waals surface area contributed by atoms with Crippen LogP contribution in [0.25, 0.3) is 11.0 Å². The fraction of sp³-hybridized carbons (Fsp3) is 0.321. The minimum Gasteiger partial charge on any atom is -0.467 e. The van der Waals surface area contributed by atoms with Gasteiger partial charge in [0.2, 0.25) is 0 Å². The molecule has 0 bridgehead atoms. The Morgan fingerprint density at radius 1 is 0.789 bits per heavy atom. The molecule has 3 aliphatic rings. The smallest absolute Gasteiger partial charge is 0.346 e. The van der Waals surface area contributed by atoms with Crippen LogP contribution in [0.1, 0.15) is 28.3 Å². The number of para-hydroxylation sites is 1. The Bertz CT molecular complexity index is 1440. The Labute approximate surface area is 219 Å². The molecule has 0 unspecified atom stereocenters. The third kappa shape index (κ3) is 4.16. The molecule has 0 atom stereocenters. The molecule has 1 saturated heterocycles. The van der Waals surface area contributed by atoms with Crippen molar-refractivity contribution in [1.82, 2.24) is 24.8 Å². The molecule has 10 nitrogen and oxygen atoms in total. The second-order valence-electron chi connectivity index (χ2n) is 9.65. The van der Waals surface area contributed by atoms with Crippen LogP contribution in [0.2, 0.25) is 0 Å². The molecule has 1 aromatic heterocycles. The summed E-state index contributed by atoms with van der Waals surface area (Å²) in [4.78, 5) is 17.6. The third-order valence-corrected chi connectivity index (χ3v) is 7.39. The number of hydrogen-bond donors (Lipinski definition) is 0. The molecular weight excluding hydrogens is 486 g/mol. The predicted molar refractivity (Wildman–Crippen MR) is 137 cm³/mol. The van der Waals surface area contributed by atoms with Gasteiger partial charge < -0.3 is 23.8 Å². The van der Waals surface area contributed by atoms with Crippen LogP contribution in [-0.2, 0) is 22.7 Å². The van der Waals surface area contributed by atoms with Crippen molar-refractivity contribution < 1.29 is 23.7 Å². The van der Waals surface area contributed by atoms with Gasteiger partial charge in [0, 0.05) is 37.3 Å². The molecule has 1 fully saturated rings. The van der Waals surface area contributed by atoms with Crippen LogP contribution >= 0.6 is 0 Å². The van der Waals surface area contributed by atoms with E-state index in [1.165, 1.54) is 4.68 Å². The standard InChI is InChI=1S/C28H27N5O5/c34-28(33-24-4-2-1-3-23(24)29-30-33)32-11-9-31(10-12-32)27(19-5-7-25-21(13-19)15-35-17-37-25)20-6-8-26-22(14-20)16-36-18-38-26/h1-8,13-14,27H,9-12,15-18H2. The van der Waals surface area contributed by atoms with E-state index in [0.29, 0.717) is 44.9 Å². The molecule has 0 saturated carbocycles. The van der Waals surface area contributed by atoms with E-state index in [2.05, 4.69) is 39.5 Å². The molecule has 1 amide bonds. The van der Waals surface area contributed by atoms with Gasteiger partial charge in [-0.1, -0.05) is 29.5 Å². The van der Waals surface area contributed by atoms with Crippen molar-refractivity contribution in [3.05, 3.63) is 82.9 Å². The van der Waals surface area contributed by atoms with E-state index in [1.807, 2.05) is 41.3 Å². The quantitative estimate of drug-likeness (QED) is 0.411. The average Bonchev–Trinajstić information content (AvgIpc) is 3.41. The van der Waals surface area contributed by atoms with Crippen molar-refractivity contribution >= 4 is 17.1 Å². The van der Waals surface area contributed by atoms with Crippen LogP contribution in [0.15, 0.2) is 60.7 Å². The van der Waals surface area contributed by atoms with Crippen molar-refractivity contribution in [2.45, 2.75) is 19.3 Å². The van der Waals surface area contributed by atoms with Crippen LogP contribution in [0.5, 0.6) is 11.5 Å². The first-order chi connectivity index (χ1) is 18.7. The lowest BCUT2D eigenvalue weighted by atomic mass is 9.93. The minimum absolute atomic E-state index is 0.0149. The lowest BCUT2D eigenvalue weighted by Crippen LogP contribution is -2.51. The Kier molecular flexibility index (Phi) is 5.92. The maximum absolute atomic E-state index is 13.3. The first kappa shape index (κ1) is 23.2. The van der Waals surface area contributed by atoms with Gasteiger partial charge in [-0.05, 0) is 47.5 Å². The van der Waals surface area contributed by atoms with Crippen molar-refractivity contribution in [2.75, 3.05) is 39.8 Å². The maximum atomic E-state index is 13.3. The first-order valence-corrected chi connectivity index (χ1v) is 12.7. The summed E-state index contributed by atoms with van der Waals surface area (Å²) in [5.41, 5.74) is 5.80. The summed E-state index contributed by atoms with van der Waals surface area (Å²) in [6.07, 6.45) is 0. The number of fused-ring (bicyclic) bond motifs is 3. The summed E-state index contributed by atoms with van der Waals surface area (Å²) >= 11 is 0. The van der Waals surface area contributed by atoms with Crippen LogP contribution in [0, 0.1) is 0 Å². The van der Waals surface area contributed by atoms with Crippen LogP contribution < -0.4 is 9.47 Å². The molecule has 4 heterocycles. The van der Waals surface area contributed by atoms with Gasteiger partial charge in [0.05, 0.1) is 24.8 Å². The summed E-state index contributed by atoms with van der Waals surface area (Å²) < 4.78 is 23.8. The molecule has 194 valence electrons. The Hall–Kier alpha value is -3.99. The Morgan fingerprint density at radius 2 is 1.42 bits per heavy atom. The monoisotopic (exact) mass is 513 g/mol. The Balaban J connectivity index is 1.17. The summed E-state index contributed by atoms with van der Waals surface area (Å²) in [6, 6.07) is 20.0. The number of carbonyl (C=O) groups is 1. The predicted octanol–water partition coefficient (Wildman–Crippen LogP) is 3.54. The Morgan fingerprint density at radius 3 is 2.08 bits per heavy atom. The van der Waals surface area contributed by atoms with Gasteiger partial charge in [-0.3, -0.25) is 4.90 Å². The van der Waals surface area contributed by atoms with Crippen molar-refractivity contribution in [3.63, 3.8) is 0 Å². The number of nitrogens with zero attached hydrogens (tertiary/aromatic N) is 5. The number of carbonyl (C=O) groups excluding carboxylic acids is 1. The molecule has 10 heteroatoms. The topological polar surface area (TPSA) is 91.2 Å². The third-order valence-electron chi connectivity index (χ3n) is 7.39. The van der Waals surface area contributed by atoms with E-state index >= 15 is 0 Å². The fourth-order valence-corrected chi connectivity index (χ4v) is 5.49. The van der Waals surface area contributed by atoms with Gasteiger partial charge in [-0.15, -0.1) is 5.10 Å². The van der Waals surface area contributed by atoms with Gasteiger partial charge in [0.1, 0.15) is 17.0 Å². The molecule has 0 aliphatic carbocycles. The zero-order chi connectivity index (χ0) is 25.5. The largest absolute Gasteiger partial charge is 0.467 e. The number of aromatic nitrogens is 3. The molecular formula is C28H27N5O5. The molecule has 0 spiro atoms. The summed E-state index contributed by atoms with van der Waals surface area (Å²) in [5.74, 6) is 1.72. The lowest BCUT2D eigenvalue weighted by molar-refractivity contribution is -0.0165. The summed E-state index contributed by atoms with van der Waals surface area (Å²) in [5, 5.41) is 8.26. The summed E-state index contributed by atoms with van der Waals surface area (Å²) in [6.45, 7) is 4.17. The molecule has 4 aromatic rings.